The maximum absolute atomic E-state index is 11.0. The Kier molecular flexibility index (Phi) is 3.59. The van der Waals surface area contributed by atoms with E-state index in [-0.39, 0.29) is 6.42 Å². The average Bonchev–Trinajstić information content (AvgIpc) is 2.17. The van der Waals surface area contributed by atoms with Crippen molar-refractivity contribution in [2.45, 2.75) is 18.6 Å². The number of methoxy groups -OCH3 is 1. The molecule has 0 spiro atoms. The van der Waals surface area contributed by atoms with Gasteiger partial charge in [-0.15, -0.1) is 0 Å². The highest BCUT2D eigenvalue weighted by Gasteiger charge is 2.17. The van der Waals surface area contributed by atoms with Gasteiger partial charge in [0.1, 0.15) is 5.82 Å². The van der Waals surface area contributed by atoms with E-state index >= 15 is 0 Å². The summed E-state index contributed by atoms with van der Waals surface area (Å²) in [7, 11) is -2.02. The van der Waals surface area contributed by atoms with Crippen molar-refractivity contribution in [3.63, 3.8) is 0 Å². The zero-order valence-corrected chi connectivity index (χ0v) is 9.36. The Morgan fingerprint density at radius 3 is 2.40 bits per heavy atom. The molecular formula is C8H13N3O3S. The lowest BCUT2D eigenvalue weighted by Crippen LogP contribution is -2.28. The number of nitrogens with two attached hydrogens (primary N) is 1. The molecule has 6 nitrogen and oxygen atoms in total. The second-order valence-electron chi connectivity index (χ2n) is 3.14. The molecule has 0 radical (unpaired) electrons. The van der Waals surface area contributed by atoms with Crippen molar-refractivity contribution in [3.8, 4) is 5.75 Å². The summed E-state index contributed by atoms with van der Waals surface area (Å²) in [6.07, 6.45) is 3.17. The molecule has 1 aromatic rings. The standard InChI is InChI=1S/C8H13N3O3S/c1-6(15(9,12)13)3-8-10-4-7(14-2)5-11-8/h4-6H,3H2,1-2H3,(H2,9,12,13)/t6-/m0/s1. The molecule has 1 heterocycles. The molecule has 2 N–H and O–H groups in total. The average molecular weight is 231 g/mol. The lowest BCUT2D eigenvalue weighted by molar-refractivity contribution is 0.410. The van der Waals surface area contributed by atoms with Crippen molar-refractivity contribution in [2.24, 2.45) is 5.14 Å². The van der Waals surface area contributed by atoms with Crippen LogP contribution in [0.3, 0.4) is 0 Å². The minimum Gasteiger partial charge on any atom is -0.494 e. The summed E-state index contributed by atoms with van der Waals surface area (Å²) < 4.78 is 26.8. The van der Waals surface area contributed by atoms with E-state index in [1.54, 1.807) is 0 Å². The number of aromatic nitrogens is 2. The summed E-state index contributed by atoms with van der Waals surface area (Å²) in [6.45, 7) is 1.52. The van der Waals surface area contributed by atoms with Gasteiger partial charge in [-0.3, -0.25) is 0 Å². The highest BCUT2D eigenvalue weighted by Crippen LogP contribution is 2.07. The van der Waals surface area contributed by atoms with Gasteiger partial charge in [-0.2, -0.15) is 0 Å². The summed E-state index contributed by atoms with van der Waals surface area (Å²) in [5.41, 5.74) is 0. The molecule has 0 fully saturated rings. The molecule has 84 valence electrons. The predicted octanol–water partition coefficient (Wildman–Crippen LogP) is -0.295. The SMILES string of the molecule is COc1cnc(C[C@H](C)S(N)(=O)=O)nc1. The summed E-state index contributed by atoms with van der Waals surface area (Å²) in [5.74, 6) is 0.958. The van der Waals surface area contributed by atoms with Crippen LogP contribution in [-0.4, -0.2) is 30.7 Å². The lowest BCUT2D eigenvalue weighted by Gasteiger charge is -2.07. The van der Waals surface area contributed by atoms with E-state index in [9.17, 15) is 8.42 Å². The maximum atomic E-state index is 11.0. The van der Waals surface area contributed by atoms with Gasteiger partial charge < -0.3 is 4.74 Å². The number of rotatable bonds is 4. The number of hydrogen-bond donors (Lipinski definition) is 1. The van der Waals surface area contributed by atoms with Gasteiger partial charge in [0.25, 0.3) is 0 Å². The van der Waals surface area contributed by atoms with E-state index in [1.165, 1.54) is 26.4 Å². The van der Waals surface area contributed by atoms with Gasteiger partial charge in [0, 0.05) is 6.42 Å². The van der Waals surface area contributed by atoms with Crippen molar-refractivity contribution < 1.29 is 13.2 Å². The molecule has 0 bridgehead atoms. The second-order valence-corrected chi connectivity index (χ2v) is 5.13. The fourth-order valence-corrected chi connectivity index (χ4v) is 1.31. The Morgan fingerprint density at radius 2 is 2.00 bits per heavy atom. The third kappa shape index (κ3) is 3.45. The van der Waals surface area contributed by atoms with E-state index in [0.29, 0.717) is 11.6 Å². The number of nitrogens with zero attached hydrogens (tertiary/aromatic N) is 2. The van der Waals surface area contributed by atoms with Crippen LogP contribution in [0.5, 0.6) is 5.75 Å². The van der Waals surface area contributed by atoms with E-state index in [1.807, 2.05) is 0 Å². The molecule has 1 rings (SSSR count). The van der Waals surface area contributed by atoms with Crippen LogP contribution in [0.4, 0.5) is 0 Å². The first kappa shape index (κ1) is 11.9. The molecule has 0 saturated heterocycles. The van der Waals surface area contributed by atoms with E-state index in [4.69, 9.17) is 9.88 Å². The maximum Gasteiger partial charge on any atom is 0.212 e. The minimum absolute atomic E-state index is 0.197. The Labute approximate surface area is 88.5 Å². The third-order valence-corrected chi connectivity index (χ3v) is 3.24. The van der Waals surface area contributed by atoms with Crippen LogP contribution in [0.2, 0.25) is 0 Å². The number of sulfonamides is 1. The molecular weight excluding hydrogens is 218 g/mol. The molecule has 0 aliphatic carbocycles. The van der Waals surface area contributed by atoms with Crippen molar-refractivity contribution in [3.05, 3.63) is 18.2 Å². The molecule has 1 aromatic heterocycles. The molecule has 0 saturated carbocycles. The monoisotopic (exact) mass is 231 g/mol. The van der Waals surface area contributed by atoms with Gasteiger partial charge in [0.15, 0.2) is 5.75 Å². The molecule has 0 aliphatic heterocycles. The first-order valence-corrected chi connectivity index (χ1v) is 5.91. The van der Waals surface area contributed by atoms with E-state index in [0.717, 1.165) is 0 Å². The quantitative estimate of drug-likeness (QED) is 0.768. The first-order chi connectivity index (χ1) is 6.93. The van der Waals surface area contributed by atoms with Gasteiger partial charge in [-0.05, 0) is 6.92 Å². The van der Waals surface area contributed by atoms with Gasteiger partial charge in [0.2, 0.25) is 10.0 Å². The van der Waals surface area contributed by atoms with Crippen LogP contribution in [0.25, 0.3) is 0 Å². The number of hydrogen-bond acceptors (Lipinski definition) is 5. The van der Waals surface area contributed by atoms with Gasteiger partial charge in [-0.25, -0.2) is 23.5 Å². The summed E-state index contributed by atoms with van der Waals surface area (Å²) in [6, 6.07) is 0. The Balaban J connectivity index is 2.74. The van der Waals surface area contributed by atoms with Gasteiger partial charge in [-0.1, -0.05) is 0 Å². The summed E-state index contributed by atoms with van der Waals surface area (Å²) >= 11 is 0. The fourth-order valence-electron chi connectivity index (χ4n) is 0.927. The van der Waals surface area contributed by atoms with Crippen molar-refractivity contribution in [1.82, 2.24) is 9.97 Å². The number of ether oxygens (including phenoxy) is 1. The van der Waals surface area contributed by atoms with Gasteiger partial charge >= 0.3 is 0 Å². The zero-order valence-electron chi connectivity index (χ0n) is 8.54. The summed E-state index contributed by atoms with van der Waals surface area (Å²) in [5, 5.41) is 4.29. The molecule has 0 aromatic carbocycles. The molecule has 7 heteroatoms. The predicted molar refractivity (Wildman–Crippen MR) is 54.9 cm³/mol. The lowest BCUT2D eigenvalue weighted by atomic mass is 10.3. The Morgan fingerprint density at radius 1 is 1.47 bits per heavy atom. The minimum atomic E-state index is -3.53. The van der Waals surface area contributed by atoms with E-state index in [2.05, 4.69) is 9.97 Å². The van der Waals surface area contributed by atoms with Crippen LogP contribution >= 0.6 is 0 Å². The molecule has 0 unspecified atom stereocenters. The van der Waals surface area contributed by atoms with Crippen molar-refractivity contribution in [2.75, 3.05) is 7.11 Å². The van der Waals surface area contributed by atoms with Crippen molar-refractivity contribution >= 4 is 10.0 Å². The first-order valence-electron chi connectivity index (χ1n) is 4.30. The van der Waals surface area contributed by atoms with Crippen LogP contribution in [-0.2, 0) is 16.4 Å². The van der Waals surface area contributed by atoms with Gasteiger partial charge in [0.05, 0.1) is 24.8 Å². The largest absolute Gasteiger partial charge is 0.494 e. The van der Waals surface area contributed by atoms with Crippen LogP contribution in [0, 0.1) is 0 Å². The fraction of sp³-hybridized carbons (Fsp3) is 0.500. The molecule has 1 atom stereocenters. The number of primary sulfonamides is 1. The Bertz CT molecular complexity index is 415. The van der Waals surface area contributed by atoms with Crippen molar-refractivity contribution in [1.29, 1.82) is 0 Å². The molecule has 0 aliphatic rings. The molecule has 0 amide bonds. The smallest absolute Gasteiger partial charge is 0.212 e. The van der Waals surface area contributed by atoms with Crippen LogP contribution in [0.1, 0.15) is 12.7 Å². The summed E-state index contributed by atoms with van der Waals surface area (Å²) in [4.78, 5) is 7.89. The normalized spacial score (nSPS) is 13.5. The second kappa shape index (κ2) is 4.54. The van der Waals surface area contributed by atoms with Crippen LogP contribution < -0.4 is 9.88 Å². The van der Waals surface area contributed by atoms with E-state index < -0.39 is 15.3 Å². The zero-order chi connectivity index (χ0) is 11.5. The highest BCUT2D eigenvalue weighted by molar-refractivity contribution is 7.89. The Hall–Kier alpha value is -1.21. The topological polar surface area (TPSA) is 95.2 Å². The van der Waals surface area contributed by atoms with Crippen LogP contribution in [0.15, 0.2) is 12.4 Å². The third-order valence-electron chi connectivity index (χ3n) is 1.95. The highest BCUT2D eigenvalue weighted by atomic mass is 32.2. The molecule has 15 heavy (non-hydrogen) atoms.